The first-order chi connectivity index (χ1) is 11.3. The average Bonchev–Trinajstić information content (AvgIpc) is 3.22. The van der Waals surface area contributed by atoms with Crippen LogP contribution in [0.4, 0.5) is 0 Å². The summed E-state index contributed by atoms with van der Waals surface area (Å²) >= 11 is 1.63. The largest absolute Gasteiger partial charge is 0.443 e. The number of oxazole rings is 1. The molecule has 0 aromatic carbocycles. The first kappa shape index (κ1) is 19.2. The van der Waals surface area contributed by atoms with Crippen LogP contribution in [0.25, 0.3) is 10.8 Å². The Balaban J connectivity index is 0.00000208. The monoisotopic (exact) mass is 460 g/mol. The molecule has 2 aromatic rings. The van der Waals surface area contributed by atoms with Gasteiger partial charge in [0.1, 0.15) is 12.0 Å². The molecule has 1 saturated heterocycles. The standard InChI is InChI=1S/C17H24N4OS.HI/c1-3-18-17(21-8-4-6-13(2)11-21)19-10-14-12-22-16(20-14)15-7-5-9-23-15;/h5,7,9,12-13H,3-4,6,8,10-11H2,1-2H3,(H,18,19);1H. The zero-order chi connectivity index (χ0) is 16.1. The van der Waals surface area contributed by atoms with E-state index in [2.05, 4.69) is 29.0 Å². The number of guanidine groups is 1. The molecule has 1 aliphatic rings. The number of nitrogens with one attached hydrogen (secondary N) is 1. The molecular formula is C17H25IN4OS. The molecule has 1 unspecified atom stereocenters. The number of aliphatic imine (C=N–C) groups is 1. The Hall–Kier alpha value is -1.09. The lowest BCUT2D eigenvalue weighted by molar-refractivity contribution is 0.266. The Morgan fingerprint density at radius 3 is 3.12 bits per heavy atom. The van der Waals surface area contributed by atoms with Crippen molar-refractivity contribution in [1.82, 2.24) is 15.2 Å². The third-order valence-electron chi connectivity index (χ3n) is 3.97. The smallest absolute Gasteiger partial charge is 0.236 e. The fraction of sp³-hybridized carbons (Fsp3) is 0.529. The van der Waals surface area contributed by atoms with Crippen LogP contribution in [-0.4, -0.2) is 35.5 Å². The summed E-state index contributed by atoms with van der Waals surface area (Å²) < 4.78 is 5.56. The molecule has 3 rings (SSSR count). The third kappa shape index (κ3) is 4.95. The number of thiophene rings is 1. The molecule has 1 aliphatic heterocycles. The van der Waals surface area contributed by atoms with Gasteiger partial charge in [-0.15, -0.1) is 35.3 Å². The van der Waals surface area contributed by atoms with Gasteiger partial charge in [-0.1, -0.05) is 13.0 Å². The van der Waals surface area contributed by atoms with E-state index < -0.39 is 0 Å². The highest BCUT2D eigenvalue weighted by Crippen LogP contribution is 2.23. The predicted octanol–water partition coefficient (Wildman–Crippen LogP) is 4.22. The summed E-state index contributed by atoms with van der Waals surface area (Å²) in [7, 11) is 0. The van der Waals surface area contributed by atoms with Crippen molar-refractivity contribution in [3.63, 3.8) is 0 Å². The van der Waals surface area contributed by atoms with Crippen LogP contribution in [0.1, 0.15) is 32.4 Å². The number of likely N-dealkylation sites (tertiary alicyclic amines) is 1. The van der Waals surface area contributed by atoms with Gasteiger partial charge in [0.25, 0.3) is 0 Å². The zero-order valence-corrected chi connectivity index (χ0v) is 17.3. The fourth-order valence-electron chi connectivity index (χ4n) is 2.86. The maximum atomic E-state index is 5.56. The van der Waals surface area contributed by atoms with Crippen LogP contribution in [0.15, 0.2) is 33.2 Å². The van der Waals surface area contributed by atoms with Crippen LogP contribution in [0.3, 0.4) is 0 Å². The van der Waals surface area contributed by atoms with Crippen molar-refractivity contribution in [2.75, 3.05) is 19.6 Å². The first-order valence-electron chi connectivity index (χ1n) is 8.27. The molecule has 0 radical (unpaired) electrons. The molecule has 0 aliphatic carbocycles. The molecule has 0 spiro atoms. The maximum absolute atomic E-state index is 5.56. The van der Waals surface area contributed by atoms with Crippen molar-refractivity contribution in [2.45, 2.75) is 33.2 Å². The minimum absolute atomic E-state index is 0. The Kier molecular flexibility index (Phi) is 7.54. The number of rotatable bonds is 4. The van der Waals surface area contributed by atoms with Gasteiger partial charge in [-0.05, 0) is 37.1 Å². The van der Waals surface area contributed by atoms with E-state index in [4.69, 9.17) is 9.41 Å². The highest BCUT2D eigenvalue weighted by molar-refractivity contribution is 14.0. The number of hydrogen-bond donors (Lipinski definition) is 1. The minimum Gasteiger partial charge on any atom is -0.443 e. The second kappa shape index (κ2) is 9.41. The summed E-state index contributed by atoms with van der Waals surface area (Å²) in [6, 6.07) is 4.02. The summed E-state index contributed by atoms with van der Waals surface area (Å²) in [4.78, 5) is 12.7. The Bertz CT molecular complexity index is 641. The molecule has 132 valence electrons. The number of halogens is 1. The van der Waals surface area contributed by atoms with Crippen LogP contribution < -0.4 is 5.32 Å². The number of aromatic nitrogens is 1. The van der Waals surface area contributed by atoms with Gasteiger partial charge in [0.05, 0.1) is 11.4 Å². The van der Waals surface area contributed by atoms with E-state index in [-0.39, 0.29) is 24.0 Å². The molecule has 0 bridgehead atoms. The number of nitrogens with zero attached hydrogens (tertiary/aromatic N) is 3. The first-order valence-corrected chi connectivity index (χ1v) is 9.15. The molecule has 1 atom stereocenters. The van der Waals surface area contributed by atoms with Gasteiger partial charge >= 0.3 is 0 Å². The molecule has 0 saturated carbocycles. The molecule has 3 heterocycles. The summed E-state index contributed by atoms with van der Waals surface area (Å²) in [6.45, 7) is 7.99. The predicted molar refractivity (Wildman–Crippen MR) is 110 cm³/mol. The van der Waals surface area contributed by atoms with Gasteiger partial charge in [-0.2, -0.15) is 0 Å². The Labute approximate surface area is 164 Å². The quantitative estimate of drug-likeness (QED) is 0.422. The fourth-order valence-corrected chi connectivity index (χ4v) is 3.51. The second-order valence-corrected chi connectivity index (χ2v) is 6.93. The van der Waals surface area contributed by atoms with Gasteiger partial charge in [0, 0.05) is 19.6 Å². The average molecular weight is 460 g/mol. The third-order valence-corrected chi connectivity index (χ3v) is 4.82. The van der Waals surface area contributed by atoms with E-state index >= 15 is 0 Å². The van der Waals surface area contributed by atoms with Crippen molar-refractivity contribution in [2.24, 2.45) is 10.9 Å². The molecule has 0 amide bonds. The van der Waals surface area contributed by atoms with Crippen molar-refractivity contribution < 1.29 is 4.42 Å². The van der Waals surface area contributed by atoms with Crippen LogP contribution >= 0.6 is 35.3 Å². The Morgan fingerprint density at radius 2 is 2.42 bits per heavy atom. The van der Waals surface area contributed by atoms with Crippen molar-refractivity contribution in [1.29, 1.82) is 0 Å². The lowest BCUT2D eigenvalue weighted by atomic mass is 10.0. The van der Waals surface area contributed by atoms with E-state index in [1.807, 2.05) is 17.5 Å². The van der Waals surface area contributed by atoms with Crippen LogP contribution in [0.2, 0.25) is 0 Å². The minimum atomic E-state index is 0. The van der Waals surface area contributed by atoms with Crippen LogP contribution in [0, 0.1) is 5.92 Å². The topological polar surface area (TPSA) is 53.7 Å². The van der Waals surface area contributed by atoms with E-state index in [9.17, 15) is 0 Å². The van der Waals surface area contributed by atoms with Gasteiger partial charge in [0.2, 0.25) is 5.89 Å². The van der Waals surface area contributed by atoms with Gasteiger partial charge in [-0.25, -0.2) is 9.98 Å². The summed E-state index contributed by atoms with van der Waals surface area (Å²) in [5.74, 6) is 2.40. The van der Waals surface area contributed by atoms with E-state index in [1.54, 1.807) is 17.6 Å². The molecular weight excluding hydrogens is 435 g/mol. The van der Waals surface area contributed by atoms with E-state index in [0.717, 1.165) is 42.1 Å². The lowest BCUT2D eigenvalue weighted by Gasteiger charge is -2.33. The van der Waals surface area contributed by atoms with Crippen LogP contribution in [-0.2, 0) is 6.54 Å². The van der Waals surface area contributed by atoms with Crippen molar-refractivity contribution in [3.05, 3.63) is 29.5 Å². The summed E-state index contributed by atoms with van der Waals surface area (Å²) in [5, 5.41) is 5.42. The zero-order valence-electron chi connectivity index (χ0n) is 14.2. The van der Waals surface area contributed by atoms with Crippen molar-refractivity contribution in [3.8, 4) is 10.8 Å². The molecule has 1 N–H and O–H groups in total. The molecule has 7 heteroatoms. The molecule has 2 aromatic heterocycles. The maximum Gasteiger partial charge on any atom is 0.236 e. The SMILES string of the molecule is CCNC(=NCc1coc(-c2cccs2)n1)N1CCCC(C)C1.I. The molecule has 24 heavy (non-hydrogen) atoms. The van der Waals surface area contributed by atoms with E-state index in [0.29, 0.717) is 12.4 Å². The van der Waals surface area contributed by atoms with E-state index in [1.165, 1.54) is 12.8 Å². The highest BCUT2D eigenvalue weighted by atomic mass is 127. The number of hydrogen-bond acceptors (Lipinski definition) is 4. The normalized spacial score (nSPS) is 18.3. The number of piperidine rings is 1. The second-order valence-electron chi connectivity index (χ2n) is 5.98. The molecule has 1 fully saturated rings. The molecule has 5 nitrogen and oxygen atoms in total. The van der Waals surface area contributed by atoms with Gasteiger partial charge in [0.15, 0.2) is 5.96 Å². The lowest BCUT2D eigenvalue weighted by Crippen LogP contribution is -2.46. The van der Waals surface area contributed by atoms with Crippen molar-refractivity contribution >= 4 is 41.3 Å². The van der Waals surface area contributed by atoms with Crippen LogP contribution in [0.5, 0.6) is 0 Å². The van der Waals surface area contributed by atoms with Gasteiger partial charge < -0.3 is 14.6 Å². The Morgan fingerprint density at radius 1 is 1.54 bits per heavy atom. The van der Waals surface area contributed by atoms with Gasteiger partial charge in [-0.3, -0.25) is 0 Å². The summed E-state index contributed by atoms with van der Waals surface area (Å²) in [5.41, 5.74) is 0.869. The highest BCUT2D eigenvalue weighted by Gasteiger charge is 2.19. The summed E-state index contributed by atoms with van der Waals surface area (Å²) in [6.07, 6.45) is 4.25.